The molecule has 0 spiro atoms. The van der Waals surface area contributed by atoms with Crippen molar-refractivity contribution in [1.29, 1.82) is 0 Å². The van der Waals surface area contributed by atoms with Crippen molar-refractivity contribution in [3.05, 3.63) is 18.1 Å². The molecule has 5 nitrogen and oxygen atoms in total. The molecule has 5 heteroatoms. The number of carbonyl (C=O) groups excluding carboxylic acids is 1. The van der Waals surface area contributed by atoms with Gasteiger partial charge in [0, 0.05) is 6.07 Å². The summed E-state index contributed by atoms with van der Waals surface area (Å²) in [4.78, 5) is 19.2. The lowest BCUT2D eigenvalue weighted by Crippen LogP contribution is -2.28. The molecule has 0 aromatic carbocycles. The fraction of sp³-hybridized carbons (Fsp3) is 0.417. The molecular weight excluding hydrogens is 218 g/mol. The van der Waals surface area contributed by atoms with Crippen LogP contribution in [0.4, 0.5) is 5.82 Å². The van der Waals surface area contributed by atoms with Gasteiger partial charge < -0.3 is 10.1 Å². The molecular formula is C12H15N3O2. The Bertz CT molecular complexity index is 444. The van der Waals surface area contributed by atoms with Gasteiger partial charge in [-0.2, -0.15) is 0 Å². The largest absolute Gasteiger partial charge is 0.459 e. The van der Waals surface area contributed by atoms with E-state index < -0.39 is 5.60 Å². The predicted molar refractivity (Wildman–Crippen MR) is 64.3 cm³/mol. The fourth-order valence-electron chi connectivity index (χ4n) is 1.07. The van der Waals surface area contributed by atoms with Gasteiger partial charge in [-0.25, -0.2) is 9.97 Å². The van der Waals surface area contributed by atoms with Crippen LogP contribution in [-0.4, -0.2) is 28.1 Å². The third-order valence-electron chi connectivity index (χ3n) is 1.65. The van der Waals surface area contributed by atoms with Gasteiger partial charge in [0.1, 0.15) is 30.0 Å². The number of anilines is 1. The molecule has 1 heterocycles. The summed E-state index contributed by atoms with van der Waals surface area (Å²) in [6, 6.07) is 1.59. The molecule has 0 aliphatic carbocycles. The zero-order valence-corrected chi connectivity index (χ0v) is 10.2. The fourth-order valence-corrected chi connectivity index (χ4v) is 1.07. The summed E-state index contributed by atoms with van der Waals surface area (Å²) in [7, 11) is 0. The molecule has 1 aromatic heterocycles. The second kappa shape index (κ2) is 5.30. The van der Waals surface area contributed by atoms with Gasteiger partial charge in [-0.3, -0.25) is 4.79 Å². The van der Waals surface area contributed by atoms with E-state index in [2.05, 4.69) is 21.2 Å². The van der Waals surface area contributed by atoms with Crippen LogP contribution in [-0.2, 0) is 9.53 Å². The van der Waals surface area contributed by atoms with E-state index in [0.29, 0.717) is 11.5 Å². The van der Waals surface area contributed by atoms with Crippen molar-refractivity contribution in [2.75, 3.05) is 11.9 Å². The molecule has 0 saturated heterocycles. The molecule has 17 heavy (non-hydrogen) atoms. The topological polar surface area (TPSA) is 64.1 Å². The molecule has 0 atom stereocenters. The van der Waals surface area contributed by atoms with Crippen LogP contribution in [0, 0.1) is 12.3 Å². The number of hydrogen-bond acceptors (Lipinski definition) is 5. The lowest BCUT2D eigenvalue weighted by Gasteiger charge is -2.19. The first-order valence-electron chi connectivity index (χ1n) is 5.15. The van der Waals surface area contributed by atoms with E-state index in [-0.39, 0.29) is 12.5 Å². The Morgan fingerprint density at radius 3 is 2.82 bits per heavy atom. The number of nitrogens with zero attached hydrogens (tertiary/aromatic N) is 2. The highest BCUT2D eigenvalue weighted by molar-refractivity contribution is 5.75. The van der Waals surface area contributed by atoms with Crippen LogP contribution < -0.4 is 5.32 Å². The predicted octanol–water partition coefficient (Wildman–Crippen LogP) is 1.21. The van der Waals surface area contributed by atoms with Crippen LogP contribution in [0.5, 0.6) is 0 Å². The minimum atomic E-state index is -0.492. The minimum Gasteiger partial charge on any atom is -0.459 e. The third-order valence-corrected chi connectivity index (χ3v) is 1.65. The number of ether oxygens (including phenoxy) is 1. The van der Waals surface area contributed by atoms with E-state index in [9.17, 15) is 4.79 Å². The number of nitrogens with one attached hydrogen (secondary N) is 1. The van der Waals surface area contributed by atoms with Crippen molar-refractivity contribution in [3.8, 4) is 12.3 Å². The second-order valence-electron chi connectivity index (χ2n) is 4.37. The highest BCUT2D eigenvalue weighted by Crippen LogP contribution is 2.07. The Balaban J connectivity index is 2.51. The Hall–Kier alpha value is -2.09. The third kappa shape index (κ3) is 4.98. The maximum Gasteiger partial charge on any atom is 0.325 e. The first-order valence-corrected chi connectivity index (χ1v) is 5.15. The van der Waals surface area contributed by atoms with Crippen molar-refractivity contribution >= 4 is 11.8 Å². The summed E-state index contributed by atoms with van der Waals surface area (Å²) in [5, 5.41) is 2.82. The van der Waals surface area contributed by atoms with Crippen molar-refractivity contribution in [3.63, 3.8) is 0 Å². The Morgan fingerprint density at radius 2 is 2.24 bits per heavy atom. The summed E-state index contributed by atoms with van der Waals surface area (Å²) < 4.78 is 5.13. The lowest BCUT2D eigenvalue weighted by atomic mass is 10.2. The summed E-state index contributed by atoms with van der Waals surface area (Å²) in [6.07, 6.45) is 6.54. The first kappa shape index (κ1) is 13.0. The van der Waals surface area contributed by atoms with Crippen molar-refractivity contribution in [2.24, 2.45) is 0 Å². The lowest BCUT2D eigenvalue weighted by molar-refractivity contribution is -0.152. The molecule has 90 valence electrons. The van der Waals surface area contributed by atoms with Crippen LogP contribution in [0.1, 0.15) is 26.5 Å². The van der Waals surface area contributed by atoms with Gasteiger partial charge in [-0.05, 0) is 20.8 Å². The van der Waals surface area contributed by atoms with Crippen molar-refractivity contribution in [1.82, 2.24) is 9.97 Å². The molecule has 0 fully saturated rings. The second-order valence-corrected chi connectivity index (χ2v) is 4.37. The van der Waals surface area contributed by atoms with E-state index >= 15 is 0 Å². The van der Waals surface area contributed by atoms with Gasteiger partial charge in [0.2, 0.25) is 0 Å². The maximum absolute atomic E-state index is 11.4. The molecule has 0 amide bonds. The molecule has 1 rings (SSSR count). The van der Waals surface area contributed by atoms with Crippen LogP contribution in [0.25, 0.3) is 0 Å². The summed E-state index contributed by atoms with van der Waals surface area (Å²) in [5.41, 5.74) is -0.0271. The molecule has 0 aliphatic rings. The summed E-state index contributed by atoms with van der Waals surface area (Å²) in [5.74, 6) is 2.54. The minimum absolute atomic E-state index is 0.0400. The molecule has 0 radical (unpaired) electrons. The van der Waals surface area contributed by atoms with Crippen molar-refractivity contribution in [2.45, 2.75) is 26.4 Å². The number of hydrogen-bond donors (Lipinski definition) is 1. The Kier molecular flexibility index (Phi) is 4.05. The number of terminal acetylenes is 1. The number of aromatic nitrogens is 2. The smallest absolute Gasteiger partial charge is 0.325 e. The van der Waals surface area contributed by atoms with E-state index in [1.165, 1.54) is 6.33 Å². The van der Waals surface area contributed by atoms with E-state index in [1.54, 1.807) is 6.07 Å². The summed E-state index contributed by atoms with van der Waals surface area (Å²) in [6.45, 7) is 5.47. The quantitative estimate of drug-likeness (QED) is 0.628. The van der Waals surface area contributed by atoms with E-state index in [0.717, 1.165) is 0 Å². The Labute approximate surface area is 101 Å². The van der Waals surface area contributed by atoms with Gasteiger partial charge in [-0.1, -0.05) is 5.92 Å². The molecule has 1 aromatic rings. The molecule has 0 aliphatic heterocycles. The molecule has 0 saturated carbocycles. The molecule has 1 N–H and O–H groups in total. The SMILES string of the molecule is C#Cc1cc(NCC(=O)OC(C)(C)C)ncn1. The van der Waals surface area contributed by atoms with Gasteiger partial charge in [0.05, 0.1) is 0 Å². The van der Waals surface area contributed by atoms with E-state index in [4.69, 9.17) is 11.2 Å². The number of carbonyl (C=O) groups is 1. The van der Waals surface area contributed by atoms with Crippen molar-refractivity contribution < 1.29 is 9.53 Å². The first-order chi connectivity index (χ1) is 7.90. The normalized spacial score (nSPS) is 10.5. The summed E-state index contributed by atoms with van der Waals surface area (Å²) >= 11 is 0. The molecule has 0 unspecified atom stereocenters. The van der Waals surface area contributed by atoms with Gasteiger partial charge in [0.25, 0.3) is 0 Å². The van der Waals surface area contributed by atoms with Crippen LogP contribution in [0.15, 0.2) is 12.4 Å². The average molecular weight is 233 g/mol. The maximum atomic E-state index is 11.4. The van der Waals surface area contributed by atoms with Crippen LogP contribution >= 0.6 is 0 Å². The van der Waals surface area contributed by atoms with E-state index in [1.807, 2.05) is 20.8 Å². The highest BCUT2D eigenvalue weighted by atomic mass is 16.6. The standard InChI is InChI=1S/C12H15N3O2/c1-5-9-6-10(15-8-14-9)13-7-11(16)17-12(2,3)4/h1,6,8H,7H2,2-4H3,(H,13,14,15). The van der Waals surface area contributed by atoms with Crippen LogP contribution in [0.3, 0.4) is 0 Å². The highest BCUT2D eigenvalue weighted by Gasteiger charge is 2.15. The zero-order chi connectivity index (χ0) is 12.9. The van der Waals surface area contributed by atoms with Gasteiger partial charge >= 0.3 is 5.97 Å². The molecule has 0 bridgehead atoms. The van der Waals surface area contributed by atoms with Gasteiger partial charge in [-0.15, -0.1) is 6.42 Å². The van der Waals surface area contributed by atoms with Gasteiger partial charge in [0.15, 0.2) is 0 Å². The Morgan fingerprint density at radius 1 is 1.53 bits per heavy atom. The average Bonchev–Trinajstić information content (AvgIpc) is 2.24. The zero-order valence-electron chi connectivity index (χ0n) is 10.2. The van der Waals surface area contributed by atoms with Crippen LogP contribution in [0.2, 0.25) is 0 Å². The number of esters is 1. The number of rotatable bonds is 3. The monoisotopic (exact) mass is 233 g/mol.